The van der Waals surface area contributed by atoms with Crippen LogP contribution in [0.2, 0.25) is 0 Å². The van der Waals surface area contributed by atoms with Crippen LogP contribution in [0.5, 0.6) is 0 Å². The summed E-state index contributed by atoms with van der Waals surface area (Å²) >= 11 is 0. The first-order chi connectivity index (χ1) is 9.70. The average molecular weight is 334 g/mol. The number of nitrogens with two attached hydrogens (primary N) is 1. The molecular weight excluding hydrogens is 319 g/mol. The van der Waals surface area contributed by atoms with Crippen LogP contribution in [0.4, 0.5) is 10.1 Å². The molecule has 3 N–H and O–H groups in total. The Balaban J connectivity index is 2.34. The number of hydrogen-bond acceptors (Lipinski definition) is 4. The average Bonchev–Trinajstić information content (AvgIpc) is 2.40. The molecule has 0 bridgehead atoms. The summed E-state index contributed by atoms with van der Waals surface area (Å²) < 4.78 is 62.4. The van der Waals surface area contributed by atoms with E-state index in [9.17, 15) is 21.2 Å². The van der Waals surface area contributed by atoms with Gasteiger partial charge in [-0.05, 0) is 43.9 Å². The van der Waals surface area contributed by atoms with Crippen molar-refractivity contribution in [2.75, 3.05) is 4.72 Å². The Labute approximate surface area is 123 Å². The van der Waals surface area contributed by atoms with Crippen molar-refractivity contribution in [3.8, 4) is 0 Å². The molecule has 116 valence electrons. The monoisotopic (exact) mass is 334 g/mol. The third kappa shape index (κ3) is 3.80. The van der Waals surface area contributed by atoms with Gasteiger partial charge < -0.3 is 0 Å². The number of sulfonamides is 2. The van der Waals surface area contributed by atoms with E-state index in [2.05, 4.69) is 4.72 Å². The van der Waals surface area contributed by atoms with Crippen molar-refractivity contribution in [3.05, 3.63) is 35.0 Å². The molecule has 6 nitrogen and oxygen atoms in total. The van der Waals surface area contributed by atoms with Gasteiger partial charge in [0, 0.05) is 0 Å². The van der Waals surface area contributed by atoms with Gasteiger partial charge in [0.2, 0.25) is 10.0 Å². The van der Waals surface area contributed by atoms with Gasteiger partial charge in [-0.15, -0.1) is 0 Å². The highest BCUT2D eigenvalue weighted by Gasteiger charge is 2.21. The van der Waals surface area contributed by atoms with Gasteiger partial charge in [0.25, 0.3) is 10.0 Å². The number of anilines is 1. The fourth-order valence-corrected chi connectivity index (χ4v) is 4.01. The van der Waals surface area contributed by atoms with Gasteiger partial charge in [-0.3, -0.25) is 4.72 Å². The Kier molecular flexibility index (Phi) is 4.35. The number of nitrogens with one attached hydrogen (secondary N) is 1. The molecule has 0 atom stereocenters. The van der Waals surface area contributed by atoms with Crippen molar-refractivity contribution in [3.63, 3.8) is 0 Å². The van der Waals surface area contributed by atoms with Crippen LogP contribution >= 0.6 is 0 Å². The topological polar surface area (TPSA) is 106 Å². The Morgan fingerprint density at radius 3 is 2.43 bits per heavy atom. The van der Waals surface area contributed by atoms with Crippen LogP contribution in [-0.2, 0) is 20.0 Å². The minimum absolute atomic E-state index is 0.0492. The maximum absolute atomic E-state index is 13.4. The third-order valence-electron chi connectivity index (χ3n) is 3.08. The van der Waals surface area contributed by atoms with E-state index >= 15 is 0 Å². The molecule has 1 aromatic rings. The number of rotatable bonds is 4. The fraction of sp³-hybridized carbons (Fsp3) is 0.333. The van der Waals surface area contributed by atoms with Crippen LogP contribution in [0.1, 0.15) is 25.7 Å². The second kappa shape index (κ2) is 5.74. The molecule has 9 heteroatoms. The van der Waals surface area contributed by atoms with Crippen molar-refractivity contribution in [1.29, 1.82) is 0 Å². The van der Waals surface area contributed by atoms with E-state index in [4.69, 9.17) is 5.14 Å². The lowest BCUT2D eigenvalue weighted by Gasteiger charge is -2.15. The lowest BCUT2D eigenvalue weighted by molar-refractivity contribution is 0.568. The molecule has 1 aliphatic rings. The molecule has 0 aliphatic heterocycles. The Bertz CT molecular complexity index is 785. The number of primary sulfonamides is 1. The Morgan fingerprint density at radius 1 is 1.14 bits per heavy atom. The quantitative estimate of drug-likeness (QED) is 0.873. The molecule has 0 heterocycles. The maximum Gasteiger partial charge on any atom is 0.257 e. The minimum atomic E-state index is -4.26. The largest absolute Gasteiger partial charge is 0.280 e. The molecule has 1 aliphatic carbocycles. The van der Waals surface area contributed by atoms with E-state index < -0.39 is 30.8 Å². The highest BCUT2D eigenvalue weighted by molar-refractivity contribution is 7.96. The van der Waals surface area contributed by atoms with Crippen molar-refractivity contribution < 1.29 is 21.2 Å². The molecule has 0 saturated heterocycles. The van der Waals surface area contributed by atoms with Crippen LogP contribution in [0.3, 0.4) is 0 Å². The van der Waals surface area contributed by atoms with E-state index in [1.807, 2.05) is 0 Å². The summed E-state index contributed by atoms with van der Waals surface area (Å²) in [6, 6.07) is 2.86. The summed E-state index contributed by atoms with van der Waals surface area (Å²) in [6.07, 6.45) is 4.46. The zero-order chi connectivity index (χ0) is 15.7. The number of hydrogen-bond donors (Lipinski definition) is 2. The van der Waals surface area contributed by atoms with Crippen LogP contribution in [0.25, 0.3) is 0 Å². The van der Waals surface area contributed by atoms with Gasteiger partial charge >= 0.3 is 0 Å². The van der Waals surface area contributed by atoms with E-state index in [0.29, 0.717) is 12.8 Å². The molecule has 0 spiro atoms. The SMILES string of the molecule is NS(=O)(=O)c1cc(NS(=O)(=O)C2=CCCCC2)ccc1F. The zero-order valence-electron chi connectivity index (χ0n) is 11.0. The third-order valence-corrected chi connectivity index (χ3v) is 5.58. The molecule has 2 rings (SSSR count). The van der Waals surface area contributed by atoms with Gasteiger partial charge in [0.05, 0.1) is 10.6 Å². The summed E-state index contributed by atoms with van der Waals surface area (Å²) in [4.78, 5) is -0.490. The normalized spacial score (nSPS) is 16.4. The van der Waals surface area contributed by atoms with Crippen molar-refractivity contribution >= 4 is 25.7 Å². The lowest BCUT2D eigenvalue weighted by Crippen LogP contribution is -2.18. The first kappa shape index (κ1) is 15.9. The molecule has 0 aromatic heterocycles. The van der Waals surface area contributed by atoms with E-state index in [1.54, 1.807) is 6.08 Å². The maximum atomic E-state index is 13.4. The second-order valence-electron chi connectivity index (χ2n) is 4.71. The van der Waals surface area contributed by atoms with E-state index in [-0.39, 0.29) is 10.6 Å². The van der Waals surface area contributed by atoms with Crippen molar-refractivity contribution in [1.82, 2.24) is 0 Å². The first-order valence-corrected chi connectivity index (χ1v) is 9.27. The lowest BCUT2D eigenvalue weighted by atomic mass is 10.1. The molecule has 0 radical (unpaired) electrons. The second-order valence-corrected chi connectivity index (χ2v) is 7.98. The summed E-state index contributed by atoms with van der Waals surface area (Å²) in [7, 11) is -8.02. The van der Waals surface area contributed by atoms with Crippen LogP contribution < -0.4 is 9.86 Å². The standard InChI is InChI=1S/C12H15FN2O4S2/c13-11-7-6-9(8-12(11)20(14,16)17)15-21(18,19)10-4-2-1-3-5-10/h4,6-8,15H,1-3,5H2,(H2,14,16,17). The zero-order valence-corrected chi connectivity index (χ0v) is 12.7. The molecule has 1 aromatic carbocycles. The smallest absolute Gasteiger partial charge is 0.257 e. The molecule has 0 amide bonds. The summed E-state index contributed by atoms with van der Waals surface area (Å²) in [5.41, 5.74) is -0.0492. The predicted octanol–water partition coefficient (Wildman–Crippen LogP) is 1.67. The molecular formula is C12H15FN2O4S2. The van der Waals surface area contributed by atoms with Crippen molar-refractivity contribution in [2.24, 2.45) is 5.14 Å². The fourth-order valence-electron chi connectivity index (χ4n) is 2.06. The predicted molar refractivity (Wildman–Crippen MR) is 76.9 cm³/mol. The van der Waals surface area contributed by atoms with Gasteiger partial charge in [0.1, 0.15) is 10.7 Å². The molecule has 0 fully saturated rings. The van der Waals surface area contributed by atoms with Crippen LogP contribution in [-0.4, -0.2) is 16.8 Å². The Morgan fingerprint density at radius 2 is 1.86 bits per heavy atom. The summed E-state index contributed by atoms with van der Waals surface area (Å²) in [5, 5.41) is 4.88. The summed E-state index contributed by atoms with van der Waals surface area (Å²) in [6.45, 7) is 0. The number of benzene rings is 1. The van der Waals surface area contributed by atoms with E-state index in [0.717, 1.165) is 31.0 Å². The molecule has 0 unspecified atom stereocenters. The van der Waals surface area contributed by atoms with Gasteiger partial charge in [-0.1, -0.05) is 6.08 Å². The van der Waals surface area contributed by atoms with Crippen LogP contribution in [0.15, 0.2) is 34.1 Å². The Hall–Kier alpha value is -1.45. The number of allylic oxidation sites excluding steroid dienone is 2. The highest BCUT2D eigenvalue weighted by Crippen LogP contribution is 2.25. The van der Waals surface area contributed by atoms with Gasteiger partial charge in [0.15, 0.2) is 0 Å². The summed E-state index contributed by atoms with van der Waals surface area (Å²) in [5.74, 6) is -1.03. The van der Waals surface area contributed by atoms with Gasteiger partial charge in [-0.25, -0.2) is 26.4 Å². The molecule has 0 saturated carbocycles. The minimum Gasteiger partial charge on any atom is -0.280 e. The number of halogens is 1. The highest BCUT2D eigenvalue weighted by atomic mass is 32.2. The van der Waals surface area contributed by atoms with E-state index in [1.165, 1.54) is 0 Å². The first-order valence-electron chi connectivity index (χ1n) is 6.24. The van der Waals surface area contributed by atoms with Crippen molar-refractivity contribution in [2.45, 2.75) is 30.6 Å². The van der Waals surface area contributed by atoms with Crippen LogP contribution in [0, 0.1) is 5.82 Å². The van der Waals surface area contributed by atoms with Gasteiger partial charge in [-0.2, -0.15) is 0 Å². The molecule has 21 heavy (non-hydrogen) atoms.